The highest BCUT2D eigenvalue weighted by Crippen LogP contribution is 2.23. The van der Waals surface area contributed by atoms with Gasteiger partial charge in [0.05, 0.1) is 11.6 Å². The van der Waals surface area contributed by atoms with Crippen molar-refractivity contribution in [3.05, 3.63) is 66.4 Å². The Morgan fingerprint density at radius 1 is 1.11 bits per heavy atom. The maximum Gasteiger partial charge on any atom is 0.253 e. The smallest absolute Gasteiger partial charge is 0.253 e. The molecule has 28 heavy (non-hydrogen) atoms. The Hall–Kier alpha value is -2.72. The predicted molar refractivity (Wildman–Crippen MR) is 112 cm³/mol. The highest BCUT2D eigenvalue weighted by atomic mass is 16.5. The molecule has 4 nitrogen and oxygen atoms in total. The number of carbonyl (C=O) groups excluding carboxylic acids is 1. The molecule has 0 saturated carbocycles. The molecule has 0 N–H and O–H groups in total. The molecule has 0 unspecified atom stereocenters. The van der Waals surface area contributed by atoms with Crippen LogP contribution in [-0.4, -0.2) is 42.1 Å². The molecule has 4 rings (SSSR count). The van der Waals surface area contributed by atoms with Gasteiger partial charge in [-0.2, -0.15) is 0 Å². The Labute approximate surface area is 166 Å². The van der Waals surface area contributed by atoms with E-state index in [2.05, 4.69) is 17.1 Å². The molecular weight excluding hydrogens is 348 g/mol. The van der Waals surface area contributed by atoms with E-state index in [1.807, 2.05) is 55.7 Å². The first-order valence-electron chi connectivity index (χ1n) is 10.0. The molecule has 1 amide bonds. The van der Waals surface area contributed by atoms with Crippen LogP contribution in [0.5, 0.6) is 0 Å². The average Bonchev–Trinajstić information content (AvgIpc) is 2.77. The van der Waals surface area contributed by atoms with Gasteiger partial charge in [-0.05, 0) is 55.5 Å². The number of rotatable bonds is 5. The van der Waals surface area contributed by atoms with Crippen molar-refractivity contribution in [3.63, 3.8) is 0 Å². The van der Waals surface area contributed by atoms with Gasteiger partial charge in [-0.1, -0.05) is 30.3 Å². The number of hydrogen-bond donors (Lipinski definition) is 0. The maximum absolute atomic E-state index is 12.7. The summed E-state index contributed by atoms with van der Waals surface area (Å²) in [4.78, 5) is 19.0. The number of fused-ring (bicyclic) bond motifs is 1. The lowest BCUT2D eigenvalue weighted by atomic mass is 10.0. The van der Waals surface area contributed by atoms with Crippen LogP contribution in [-0.2, 0) is 4.74 Å². The van der Waals surface area contributed by atoms with Crippen LogP contribution in [0.25, 0.3) is 22.0 Å². The van der Waals surface area contributed by atoms with Crippen LogP contribution in [0.4, 0.5) is 0 Å². The zero-order valence-electron chi connectivity index (χ0n) is 16.3. The number of hydrogen-bond acceptors (Lipinski definition) is 3. The number of aromatic nitrogens is 1. The van der Waals surface area contributed by atoms with E-state index in [-0.39, 0.29) is 5.91 Å². The molecule has 0 radical (unpaired) electrons. The first-order valence-corrected chi connectivity index (χ1v) is 10.0. The van der Waals surface area contributed by atoms with Gasteiger partial charge in [0.15, 0.2) is 0 Å². The number of nitrogens with zero attached hydrogens (tertiary/aromatic N) is 2. The number of ether oxygens (including phenoxy) is 1. The molecule has 0 aliphatic carbocycles. The minimum Gasteiger partial charge on any atom is -0.378 e. The van der Waals surface area contributed by atoms with E-state index in [0.717, 1.165) is 54.4 Å². The predicted octanol–water partition coefficient (Wildman–Crippen LogP) is 4.93. The fraction of sp³-hybridized carbons (Fsp3) is 0.333. The van der Waals surface area contributed by atoms with Crippen LogP contribution in [0, 0.1) is 0 Å². The Morgan fingerprint density at radius 2 is 1.93 bits per heavy atom. The summed E-state index contributed by atoms with van der Waals surface area (Å²) in [7, 11) is 1.87. The lowest BCUT2D eigenvalue weighted by Gasteiger charge is -2.25. The Bertz CT molecular complexity index is 946. The maximum atomic E-state index is 12.7. The lowest BCUT2D eigenvalue weighted by Crippen LogP contribution is -2.31. The second-order valence-electron chi connectivity index (χ2n) is 7.50. The first-order chi connectivity index (χ1) is 13.7. The summed E-state index contributed by atoms with van der Waals surface area (Å²) in [6.45, 7) is 1.58. The van der Waals surface area contributed by atoms with Gasteiger partial charge in [0.2, 0.25) is 0 Å². The zero-order chi connectivity index (χ0) is 19.3. The van der Waals surface area contributed by atoms with Gasteiger partial charge in [0, 0.05) is 42.9 Å². The molecule has 1 aliphatic heterocycles. The third kappa shape index (κ3) is 4.23. The first kappa shape index (κ1) is 18.6. The summed E-state index contributed by atoms with van der Waals surface area (Å²) in [5.74, 6) is 0.0546. The Balaban J connectivity index is 1.42. The van der Waals surface area contributed by atoms with Gasteiger partial charge < -0.3 is 9.64 Å². The van der Waals surface area contributed by atoms with E-state index in [0.29, 0.717) is 11.7 Å². The molecule has 3 aromatic rings. The van der Waals surface area contributed by atoms with Crippen LogP contribution in [0.2, 0.25) is 0 Å². The fourth-order valence-electron chi connectivity index (χ4n) is 3.73. The second-order valence-corrected chi connectivity index (χ2v) is 7.50. The monoisotopic (exact) mass is 374 g/mol. The summed E-state index contributed by atoms with van der Waals surface area (Å²) >= 11 is 0. The van der Waals surface area contributed by atoms with Crippen LogP contribution in [0.1, 0.15) is 36.0 Å². The molecule has 4 heteroatoms. The SMILES string of the molecule is CN(CC[C@H]1CCCCO1)C(=O)c1ccc(-c2cnc3ccccc3c2)cc1. The van der Waals surface area contributed by atoms with Crippen LogP contribution < -0.4 is 0 Å². The van der Waals surface area contributed by atoms with E-state index in [4.69, 9.17) is 4.74 Å². The lowest BCUT2D eigenvalue weighted by molar-refractivity contribution is 0.00709. The molecule has 2 heterocycles. The highest BCUT2D eigenvalue weighted by Gasteiger charge is 2.17. The summed E-state index contributed by atoms with van der Waals surface area (Å²) in [6.07, 6.45) is 6.58. The van der Waals surface area contributed by atoms with Crippen LogP contribution in [0.3, 0.4) is 0 Å². The van der Waals surface area contributed by atoms with Crippen molar-refractivity contribution < 1.29 is 9.53 Å². The molecule has 0 bridgehead atoms. The second kappa shape index (κ2) is 8.53. The third-order valence-electron chi connectivity index (χ3n) is 5.46. The quantitative estimate of drug-likeness (QED) is 0.636. The molecule has 2 aromatic carbocycles. The van der Waals surface area contributed by atoms with Crippen molar-refractivity contribution in [1.82, 2.24) is 9.88 Å². The van der Waals surface area contributed by atoms with Crippen molar-refractivity contribution >= 4 is 16.8 Å². The summed E-state index contributed by atoms with van der Waals surface area (Å²) in [5.41, 5.74) is 3.82. The number of amides is 1. The number of para-hydroxylation sites is 1. The molecule has 1 aromatic heterocycles. The van der Waals surface area contributed by atoms with E-state index in [9.17, 15) is 4.79 Å². The van der Waals surface area contributed by atoms with Crippen molar-refractivity contribution in [1.29, 1.82) is 0 Å². The minimum absolute atomic E-state index is 0.0546. The molecule has 1 aliphatic rings. The minimum atomic E-state index is 0.0546. The fourth-order valence-corrected chi connectivity index (χ4v) is 3.73. The van der Waals surface area contributed by atoms with Gasteiger partial charge in [-0.3, -0.25) is 9.78 Å². The van der Waals surface area contributed by atoms with Crippen LogP contribution in [0.15, 0.2) is 60.8 Å². The summed E-state index contributed by atoms with van der Waals surface area (Å²) in [6, 6.07) is 18.0. The number of pyridine rings is 1. The standard InChI is InChI=1S/C24H26N2O2/c1-26(14-13-22-7-4-5-15-28-22)24(27)19-11-9-18(10-12-19)21-16-20-6-2-3-8-23(20)25-17-21/h2-3,6,8-12,16-17,22H,4-5,7,13-15H2,1H3/t22-/m1/s1. The van der Waals surface area contributed by atoms with Crippen LogP contribution >= 0.6 is 0 Å². The van der Waals surface area contributed by atoms with Crippen molar-refractivity contribution in [2.75, 3.05) is 20.2 Å². The van der Waals surface area contributed by atoms with Crippen molar-refractivity contribution in [2.45, 2.75) is 31.8 Å². The van der Waals surface area contributed by atoms with Gasteiger partial charge >= 0.3 is 0 Å². The van der Waals surface area contributed by atoms with Gasteiger partial charge in [0.25, 0.3) is 5.91 Å². The van der Waals surface area contributed by atoms with Crippen molar-refractivity contribution in [3.8, 4) is 11.1 Å². The Morgan fingerprint density at radius 3 is 2.71 bits per heavy atom. The molecule has 144 valence electrons. The highest BCUT2D eigenvalue weighted by molar-refractivity contribution is 5.94. The number of benzene rings is 2. The molecule has 1 fully saturated rings. The third-order valence-corrected chi connectivity index (χ3v) is 5.46. The summed E-state index contributed by atoms with van der Waals surface area (Å²) < 4.78 is 5.77. The van der Waals surface area contributed by atoms with Gasteiger partial charge in [-0.25, -0.2) is 0 Å². The summed E-state index contributed by atoms with van der Waals surface area (Å²) in [5, 5.41) is 1.12. The van der Waals surface area contributed by atoms with Gasteiger partial charge in [0.1, 0.15) is 0 Å². The zero-order valence-corrected chi connectivity index (χ0v) is 16.3. The molecule has 1 atom stereocenters. The van der Waals surface area contributed by atoms with E-state index >= 15 is 0 Å². The Kier molecular flexibility index (Phi) is 5.68. The molecule has 1 saturated heterocycles. The largest absolute Gasteiger partial charge is 0.378 e. The van der Waals surface area contributed by atoms with Gasteiger partial charge in [-0.15, -0.1) is 0 Å². The van der Waals surface area contributed by atoms with E-state index < -0.39 is 0 Å². The molecule has 0 spiro atoms. The normalized spacial score (nSPS) is 16.8. The topological polar surface area (TPSA) is 42.4 Å². The van der Waals surface area contributed by atoms with E-state index in [1.165, 1.54) is 6.42 Å². The molecular formula is C24H26N2O2. The van der Waals surface area contributed by atoms with E-state index in [1.54, 1.807) is 4.90 Å². The number of carbonyl (C=O) groups is 1. The van der Waals surface area contributed by atoms with Crippen molar-refractivity contribution in [2.24, 2.45) is 0 Å². The average molecular weight is 374 g/mol.